The highest BCUT2D eigenvalue weighted by Gasteiger charge is 2.48. The first-order chi connectivity index (χ1) is 27.3. The molecule has 1 heterocycles. The van der Waals surface area contributed by atoms with Gasteiger partial charge in [-0.15, -0.1) is 0 Å². The zero-order valence-corrected chi connectivity index (χ0v) is 32.7. The number of hydrogen-bond acceptors (Lipinski definition) is 2. The van der Waals surface area contributed by atoms with Crippen LogP contribution >= 0.6 is 0 Å². The van der Waals surface area contributed by atoms with Gasteiger partial charge in [-0.05, 0) is 117 Å². The van der Waals surface area contributed by atoms with Crippen molar-refractivity contribution in [3.05, 3.63) is 209 Å². The van der Waals surface area contributed by atoms with Gasteiger partial charge in [0.25, 0.3) is 0 Å². The van der Waals surface area contributed by atoms with Gasteiger partial charge in [-0.25, -0.2) is 0 Å². The molecule has 0 bridgehead atoms. The molecule has 0 saturated carbocycles. The highest BCUT2D eigenvalue weighted by atomic mass is 16.3. The van der Waals surface area contributed by atoms with Gasteiger partial charge in [0.2, 0.25) is 0 Å². The summed E-state index contributed by atoms with van der Waals surface area (Å²) in [5.41, 5.74) is 14.6. The van der Waals surface area contributed by atoms with Crippen LogP contribution in [0.5, 0.6) is 0 Å². The fourth-order valence-corrected chi connectivity index (χ4v) is 9.91. The van der Waals surface area contributed by atoms with Crippen molar-refractivity contribution >= 4 is 39.0 Å². The molecule has 2 aliphatic rings. The van der Waals surface area contributed by atoms with Crippen LogP contribution in [0.1, 0.15) is 73.9 Å². The molecule has 0 amide bonds. The Balaban J connectivity index is 1.25. The summed E-state index contributed by atoms with van der Waals surface area (Å²) >= 11 is 0. The van der Waals surface area contributed by atoms with Gasteiger partial charge in [-0.2, -0.15) is 0 Å². The summed E-state index contributed by atoms with van der Waals surface area (Å²) in [5, 5.41) is 2.26. The van der Waals surface area contributed by atoms with Gasteiger partial charge in [-0.3, -0.25) is 0 Å². The van der Waals surface area contributed by atoms with Crippen LogP contribution in [0, 0.1) is 24.0 Å². The maximum atomic E-state index is 6.88. The number of furan rings is 1. The van der Waals surface area contributed by atoms with Crippen molar-refractivity contribution in [2.24, 2.45) is 11.8 Å². The Morgan fingerprint density at radius 3 is 2.14 bits per heavy atom. The standard InChI is InChI=1S/C54H45NO/c1-35(2)25-28-42-36(3)53(4,5)49-34-41(26-29-43(42)49)55(39-21-13-8-14-22-39)40-27-31-47-46(33-40)51-48(32-30-45-44-23-15-16-24-50(44)56-52(45)51)54(47,37-17-9-6-10-18-37)38-19-11-7-12-20-38/h6,8-11,13-36,42H,1-5H3/b28-25-. The zero-order valence-electron chi connectivity index (χ0n) is 32.7. The Labute approximate surface area is 330 Å². The molecule has 3 unspecified atom stereocenters. The third kappa shape index (κ3) is 4.97. The van der Waals surface area contributed by atoms with E-state index in [-0.39, 0.29) is 5.41 Å². The Morgan fingerprint density at radius 1 is 0.661 bits per heavy atom. The molecular formula is C54H45NO. The second-order valence-corrected chi connectivity index (χ2v) is 16.6. The lowest BCUT2D eigenvalue weighted by Gasteiger charge is -2.34. The van der Waals surface area contributed by atoms with Crippen molar-refractivity contribution in [1.82, 2.24) is 0 Å². The topological polar surface area (TPSA) is 16.4 Å². The molecule has 272 valence electrons. The lowest BCUT2D eigenvalue weighted by molar-refractivity contribution is 0.356. The zero-order chi connectivity index (χ0) is 38.2. The van der Waals surface area contributed by atoms with Crippen molar-refractivity contribution in [2.75, 3.05) is 4.90 Å². The van der Waals surface area contributed by atoms with Crippen molar-refractivity contribution in [2.45, 2.75) is 51.4 Å². The predicted octanol–water partition coefficient (Wildman–Crippen LogP) is 14.2. The van der Waals surface area contributed by atoms with E-state index in [1.54, 1.807) is 0 Å². The minimum Gasteiger partial charge on any atom is -0.455 e. The van der Waals surface area contributed by atoms with E-state index in [0.29, 0.717) is 17.8 Å². The molecule has 10 rings (SSSR count). The molecule has 0 radical (unpaired) electrons. The molecule has 2 aliphatic carbocycles. The summed E-state index contributed by atoms with van der Waals surface area (Å²) in [5.74, 6) is 1.39. The molecular weight excluding hydrogens is 679 g/mol. The molecule has 2 heteroatoms. The van der Waals surface area contributed by atoms with Gasteiger partial charge in [0.15, 0.2) is 0 Å². The smallest absolute Gasteiger partial charge is 0.143 e. The molecule has 1 aromatic heterocycles. The maximum Gasteiger partial charge on any atom is 0.143 e. The summed E-state index contributed by atoms with van der Waals surface area (Å²) in [6.45, 7) is 11.8. The predicted molar refractivity (Wildman–Crippen MR) is 232 cm³/mol. The number of fused-ring (bicyclic) bond motifs is 8. The van der Waals surface area contributed by atoms with Crippen molar-refractivity contribution in [3.63, 3.8) is 0 Å². The van der Waals surface area contributed by atoms with Gasteiger partial charge >= 0.3 is 0 Å². The quantitative estimate of drug-likeness (QED) is 0.152. The normalized spacial score (nSPS) is 17.6. The van der Waals surface area contributed by atoms with Crippen molar-refractivity contribution in [1.29, 1.82) is 0 Å². The molecule has 7 aromatic carbocycles. The fraction of sp³-hybridized carbons (Fsp3) is 0.185. The average molecular weight is 724 g/mol. The monoisotopic (exact) mass is 723 g/mol. The first-order valence-electron chi connectivity index (χ1n) is 20.0. The van der Waals surface area contributed by atoms with Crippen LogP contribution in [-0.4, -0.2) is 0 Å². The lowest BCUT2D eigenvalue weighted by atomic mass is 9.68. The van der Waals surface area contributed by atoms with E-state index >= 15 is 0 Å². The number of allylic oxidation sites excluding steroid dienone is 2. The van der Waals surface area contributed by atoms with Crippen LogP contribution in [0.4, 0.5) is 17.1 Å². The molecule has 0 fully saturated rings. The van der Waals surface area contributed by atoms with E-state index in [1.165, 1.54) is 33.4 Å². The SMILES string of the molecule is CC(C)/C=C\C1c2ccc(N(c3ccccc3)c3ccc4c(c3)-c3c(ccc5c3oc3ccccc35)C4(c3cc#ccc3)c3ccccc3)cc2C(C)(C)C1C. The number of hydrogen-bond donors (Lipinski definition) is 0. The van der Waals surface area contributed by atoms with E-state index in [0.717, 1.165) is 50.1 Å². The molecule has 0 spiro atoms. The summed E-state index contributed by atoms with van der Waals surface area (Å²) < 4.78 is 6.88. The number of nitrogens with zero attached hydrogens (tertiary/aromatic N) is 1. The molecule has 2 nitrogen and oxygen atoms in total. The van der Waals surface area contributed by atoms with E-state index in [9.17, 15) is 0 Å². The number of benzene rings is 6. The third-order valence-electron chi connectivity index (χ3n) is 12.9. The second kappa shape index (κ2) is 12.9. The lowest BCUT2D eigenvalue weighted by Crippen LogP contribution is -2.28. The highest BCUT2D eigenvalue weighted by Crippen LogP contribution is 2.60. The van der Waals surface area contributed by atoms with E-state index in [4.69, 9.17) is 4.42 Å². The molecule has 3 atom stereocenters. The van der Waals surface area contributed by atoms with Crippen LogP contribution in [-0.2, 0) is 10.8 Å². The number of rotatable bonds is 7. The second-order valence-electron chi connectivity index (χ2n) is 16.6. The van der Waals surface area contributed by atoms with E-state index in [1.807, 2.05) is 6.07 Å². The van der Waals surface area contributed by atoms with Crippen molar-refractivity contribution in [3.8, 4) is 11.1 Å². The third-order valence-corrected chi connectivity index (χ3v) is 12.9. The summed E-state index contributed by atoms with van der Waals surface area (Å²) in [6, 6.07) is 61.8. The van der Waals surface area contributed by atoms with Crippen LogP contribution in [0.15, 0.2) is 168 Å². The van der Waals surface area contributed by atoms with Gasteiger partial charge in [0.05, 0.1) is 5.41 Å². The first-order valence-corrected chi connectivity index (χ1v) is 20.0. The maximum absolute atomic E-state index is 6.88. The minimum atomic E-state index is -0.590. The summed E-state index contributed by atoms with van der Waals surface area (Å²) in [6.07, 6.45) is 4.83. The Morgan fingerprint density at radius 2 is 1.38 bits per heavy atom. The minimum absolute atomic E-state index is 0.0167. The average Bonchev–Trinajstić information content (AvgIpc) is 3.82. The van der Waals surface area contributed by atoms with Crippen LogP contribution < -0.4 is 4.90 Å². The van der Waals surface area contributed by atoms with E-state index < -0.39 is 5.41 Å². The van der Waals surface area contributed by atoms with Crippen LogP contribution in [0.3, 0.4) is 0 Å². The van der Waals surface area contributed by atoms with Gasteiger partial charge < -0.3 is 9.32 Å². The molecule has 0 aliphatic heterocycles. The Bertz CT molecular complexity index is 2730. The first kappa shape index (κ1) is 34.2. The molecule has 56 heavy (non-hydrogen) atoms. The highest BCUT2D eigenvalue weighted by molar-refractivity contribution is 6.12. The van der Waals surface area contributed by atoms with Gasteiger partial charge in [0, 0.05) is 39.3 Å². The number of anilines is 3. The van der Waals surface area contributed by atoms with Crippen molar-refractivity contribution < 1.29 is 4.42 Å². The fourth-order valence-electron chi connectivity index (χ4n) is 9.91. The Kier molecular flexibility index (Phi) is 7.88. The largest absolute Gasteiger partial charge is 0.455 e. The van der Waals surface area contributed by atoms with E-state index in [2.05, 4.69) is 209 Å². The van der Waals surface area contributed by atoms with Crippen LogP contribution in [0.25, 0.3) is 33.1 Å². The van der Waals surface area contributed by atoms with Crippen LogP contribution in [0.2, 0.25) is 0 Å². The molecule has 8 aromatic rings. The molecule has 0 N–H and O–H groups in total. The van der Waals surface area contributed by atoms with Gasteiger partial charge in [-0.1, -0.05) is 150 Å². The summed E-state index contributed by atoms with van der Waals surface area (Å²) in [4.78, 5) is 2.44. The summed E-state index contributed by atoms with van der Waals surface area (Å²) in [7, 11) is 0. The van der Waals surface area contributed by atoms with Gasteiger partial charge in [0.1, 0.15) is 11.2 Å². The number of para-hydroxylation sites is 2. The Hall–Kier alpha value is -6.30. The molecule has 0 saturated heterocycles.